The molecule has 23 heavy (non-hydrogen) atoms. The van der Waals surface area contributed by atoms with Crippen molar-refractivity contribution in [1.29, 1.82) is 0 Å². The Morgan fingerprint density at radius 3 is 2.52 bits per heavy atom. The molecule has 0 aliphatic heterocycles. The van der Waals surface area contributed by atoms with Crippen LogP contribution in [0, 0.1) is 0 Å². The zero-order valence-corrected chi connectivity index (χ0v) is 15.0. The lowest BCUT2D eigenvalue weighted by Crippen LogP contribution is -2.27. The third-order valence-electron chi connectivity index (χ3n) is 3.41. The van der Waals surface area contributed by atoms with Gasteiger partial charge < -0.3 is 10.3 Å². The van der Waals surface area contributed by atoms with Gasteiger partial charge in [0.05, 0.1) is 5.25 Å². The lowest BCUT2D eigenvalue weighted by Gasteiger charge is -2.25. The van der Waals surface area contributed by atoms with Crippen molar-refractivity contribution in [3.8, 4) is 0 Å². The Balaban J connectivity index is 1.85. The van der Waals surface area contributed by atoms with E-state index in [4.69, 9.17) is 0 Å². The monoisotopic (exact) mass is 330 g/mol. The van der Waals surface area contributed by atoms with Crippen LogP contribution in [-0.2, 0) is 11.2 Å². The number of nitrogens with one attached hydrogen (secondary N) is 2. The zero-order valence-electron chi connectivity index (χ0n) is 14.1. The highest BCUT2D eigenvalue weighted by molar-refractivity contribution is 8.00. The standard InChI is InChI=1S/C19H26N2OS/c1-19(2,3)23-17(16-10-7-12-20-16)14-18(22)21-13-11-15-8-5-4-6-9-15/h4-10,12,17,20H,11,13-14H2,1-3H3,(H,21,22). The first-order valence-electron chi connectivity index (χ1n) is 8.06. The number of hydrogen-bond donors (Lipinski definition) is 2. The summed E-state index contributed by atoms with van der Waals surface area (Å²) in [7, 11) is 0. The van der Waals surface area contributed by atoms with Gasteiger partial charge in [0, 0.05) is 29.6 Å². The molecule has 0 saturated heterocycles. The Bertz CT molecular complexity index is 588. The third kappa shape index (κ3) is 6.53. The first-order valence-corrected chi connectivity index (χ1v) is 8.94. The fraction of sp³-hybridized carbons (Fsp3) is 0.421. The van der Waals surface area contributed by atoms with E-state index >= 15 is 0 Å². The molecule has 1 aromatic heterocycles. The van der Waals surface area contributed by atoms with Crippen LogP contribution < -0.4 is 5.32 Å². The predicted molar refractivity (Wildman–Crippen MR) is 98.7 cm³/mol. The van der Waals surface area contributed by atoms with Crippen LogP contribution in [0.2, 0.25) is 0 Å². The maximum Gasteiger partial charge on any atom is 0.221 e. The molecule has 0 spiro atoms. The van der Waals surface area contributed by atoms with Gasteiger partial charge in [-0.2, -0.15) is 0 Å². The molecule has 2 rings (SSSR count). The largest absolute Gasteiger partial charge is 0.364 e. The number of aromatic nitrogens is 1. The second-order valence-corrected chi connectivity index (χ2v) is 8.66. The van der Waals surface area contributed by atoms with E-state index in [0.29, 0.717) is 13.0 Å². The predicted octanol–water partition coefficient (Wildman–Crippen LogP) is 4.34. The summed E-state index contributed by atoms with van der Waals surface area (Å²) in [6, 6.07) is 14.3. The molecule has 0 aliphatic carbocycles. The van der Waals surface area contributed by atoms with Crippen LogP contribution in [0.25, 0.3) is 0 Å². The molecule has 2 N–H and O–H groups in total. The van der Waals surface area contributed by atoms with Crippen LogP contribution >= 0.6 is 11.8 Å². The normalized spacial score (nSPS) is 12.8. The Morgan fingerprint density at radius 1 is 1.17 bits per heavy atom. The molecule has 2 aromatic rings. The van der Waals surface area contributed by atoms with E-state index in [1.165, 1.54) is 5.56 Å². The van der Waals surface area contributed by atoms with Crippen molar-refractivity contribution in [3.05, 3.63) is 59.9 Å². The maximum atomic E-state index is 12.3. The molecular weight excluding hydrogens is 304 g/mol. The number of benzene rings is 1. The van der Waals surface area contributed by atoms with E-state index in [1.54, 1.807) is 0 Å². The Hall–Kier alpha value is -1.68. The van der Waals surface area contributed by atoms with Crippen LogP contribution in [-0.4, -0.2) is 22.2 Å². The van der Waals surface area contributed by atoms with E-state index in [1.807, 2.05) is 42.2 Å². The highest BCUT2D eigenvalue weighted by Gasteiger charge is 2.23. The van der Waals surface area contributed by atoms with Crippen molar-refractivity contribution < 1.29 is 4.79 Å². The van der Waals surface area contributed by atoms with Gasteiger partial charge in [0.15, 0.2) is 0 Å². The molecule has 1 aromatic carbocycles. The molecule has 1 heterocycles. The molecule has 1 unspecified atom stereocenters. The molecule has 1 atom stereocenters. The highest BCUT2D eigenvalue weighted by atomic mass is 32.2. The van der Waals surface area contributed by atoms with Crippen LogP contribution in [0.15, 0.2) is 48.7 Å². The molecule has 0 bridgehead atoms. The minimum Gasteiger partial charge on any atom is -0.364 e. The molecular formula is C19H26N2OS. The first-order chi connectivity index (χ1) is 10.9. The molecule has 0 radical (unpaired) electrons. The number of hydrogen-bond acceptors (Lipinski definition) is 2. The van der Waals surface area contributed by atoms with Gasteiger partial charge in [0.1, 0.15) is 0 Å². The molecule has 0 fully saturated rings. The number of carbonyl (C=O) groups is 1. The van der Waals surface area contributed by atoms with Gasteiger partial charge in [-0.05, 0) is 24.1 Å². The summed E-state index contributed by atoms with van der Waals surface area (Å²) in [5, 5.41) is 3.20. The van der Waals surface area contributed by atoms with Gasteiger partial charge >= 0.3 is 0 Å². The van der Waals surface area contributed by atoms with Crippen LogP contribution in [0.3, 0.4) is 0 Å². The smallest absolute Gasteiger partial charge is 0.221 e. The Morgan fingerprint density at radius 2 is 1.91 bits per heavy atom. The van der Waals surface area contributed by atoms with Crippen molar-refractivity contribution in [3.63, 3.8) is 0 Å². The lowest BCUT2D eigenvalue weighted by atomic mass is 10.1. The number of carbonyl (C=O) groups excluding carboxylic acids is 1. The fourth-order valence-electron chi connectivity index (χ4n) is 2.42. The molecule has 0 saturated carbocycles. The topological polar surface area (TPSA) is 44.9 Å². The number of amides is 1. The van der Waals surface area contributed by atoms with Crippen molar-refractivity contribution >= 4 is 17.7 Å². The maximum absolute atomic E-state index is 12.3. The van der Waals surface area contributed by atoms with E-state index in [-0.39, 0.29) is 15.9 Å². The van der Waals surface area contributed by atoms with E-state index in [0.717, 1.165) is 12.1 Å². The van der Waals surface area contributed by atoms with Crippen LogP contribution in [0.1, 0.15) is 43.7 Å². The van der Waals surface area contributed by atoms with Crippen LogP contribution in [0.4, 0.5) is 0 Å². The zero-order chi connectivity index (χ0) is 16.7. The molecule has 3 nitrogen and oxygen atoms in total. The summed E-state index contributed by atoms with van der Waals surface area (Å²) < 4.78 is 0.111. The average Bonchev–Trinajstić information content (AvgIpc) is 3.00. The van der Waals surface area contributed by atoms with Crippen molar-refractivity contribution in [2.45, 2.75) is 43.6 Å². The first kappa shape index (κ1) is 17.7. The number of thioether (sulfide) groups is 1. The molecule has 4 heteroatoms. The highest BCUT2D eigenvalue weighted by Crippen LogP contribution is 2.39. The fourth-order valence-corrected chi connectivity index (χ4v) is 3.78. The average molecular weight is 330 g/mol. The summed E-state index contributed by atoms with van der Waals surface area (Å²) >= 11 is 1.83. The van der Waals surface area contributed by atoms with E-state index in [9.17, 15) is 4.79 Å². The SMILES string of the molecule is CC(C)(C)SC(CC(=O)NCCc1ccccc1)c1ccc[nH]1. The molecule has 0 aliphatic rings. The lowest BCUT2D eigenvalue weighted by molar-refractivity contribution is -0.121. The summed E-state index contributed by atoms with van der Waals surface area (Å²) in [4.78, 5) is 15.5. The van der Waals surface area contributed by atoms with Crippen molar-refractivity contribution in [1.82, 2.24) is 10.3 Å². The number of aromatic amines is 1. The van der Waals surface area contributed by atoms with Crippen molar-refractivity contribution in [2.24, 2.45) is 0 Å². The van der Waals surface area contributed by atoms with Gasteiger partial charge in [-0.25, -0.2) is 0 Å². The van der Waals surface area contributed by atoms with Crippen molar-refractivity contribution in [2.75, 3.05) is 6.54 Å². The van der Waals surface area contributed by atoms with E-state index in [2.05, 4.69) is 49.3 Å². The quantitative estimate of drug-likeness (QED) is 0.793. The minimum absolute atomic E-state index is 0.109. The summed E-state index contributed by atoms with van der Waals surface area (Å²) in [5.41, 5.74) is 2.36. The second-order valence-electron chi connectivity index (χ2n) is 6.63. The van der Waals surface area contributed by atoms with E-state index < -0.39 is 0 Å². The van der Waals surface area contributed by atoms with Crippen LogP contribution in [0.5, 0.6) is 0 Å². The summed E-state index contributed by atoms with van der Waals surface area (Å²) in [5.74, 6) is 0.109. The number of rotatable bonds is 7. The van der Waals surface area contributed by atoms with Gasteiger partial charge in [0.2, 0.25) is 5.91 Å². The minimum atomic E-state index is 0.109. The summed E-state index contributed by atoms with van der Waals surface area (Å²) in [6.45, 7) is 7.23. The number of H-pyrrole nitrogens is 1. The Kier molecular flexibility index (Phi) is 6.34. The summed E-state index contributed by atoms with van der Waals surface area (Å²) in [6.07, 6.45) is 3.28. The van der Waals surface area contributed by atoms with Gasteiger partial charge in [0.25, 0.3) is 0 Å². The second kappa shape index (κ2) is 8.25. The van der Waals surface area contributed by atoms with Gasteiger partial charge in [-0.1, -0.05) is 51.1 Å². The molecule has 124 valence electrons. The third-order valence-corrected chi connectivity index (χ3v) is 4.83. The molecule has 1 amide bonds. The Labute approximate surface area is 143 Å². The van der Waals surface area contributed by atoms with Gasteiger partial charge in [-0.15, -0.1) is 11.8 Å². The van der Waals surface area contributed by atoms with Gasteiger partial charge in [-0.3, -0.25) is 4.79 Å².